The summed E-state index contributed by atoms with van der Waals surface area (Å²) in [4.78, 5) is 0. The molecule has 2 aliphatic heterocycles. The molecule has 0 fully saturated rings. The van der Waals surface area contributed by atoms with Crippen molar-refractivity contribution in [1.29, 1.82) is 0 Å². The van der Waals surface area contributed by atoms with Gasteiger partial charge in [-0.05, 0) is 180 Å². The molecule has 0 nitrogen and oxygen atoms in total. The maximum Gasteiger partial charge on any atom is 0.244 e. The Morgan fingerprint density at radius 1 is 0.144 bits per heavy atom. The maximum atomic E-state index is 2.67. The van der Waals surface area contributed by atoms with Gasteiger partial charge in [-0.2, -0.15) is 0 Å². The monoisotopic (exact) mass is 1130 g/mol. The molecule has 0 aliphatic carbocycles. The molecule has 0 saturated carbocycles. The van der Waals surface area contributed by atoms with Crippen LogP contribution in [0, 0.1) is 0 Å². The highest BCUT2D eigenvalue weighted by molar-refractivity contribution is 7.01. The van der Waals surface area contributed by atoms with Crippen molar-refractivity contribution in [2.75, 3.05) is 0 Å². The van der Waals surface area contributed by atoms with Gasteiger partial charge in [0, 0.05) is 0 Å². The number of fused-ring (bicyclic) bond motifs is 4. The van der Waals surface area contributed by atoms with E-state index in [9.17, 15) is 0 Å². The highest BCUT2D eigenvalue weighted by Gasteiger charge is 2.41. The van der Waals surface area contributed by atoms with E-state index in [0.717, 1.165) is 0 Å². The predicted molar refractivity (Wildman–Crippen MR) is 387 cm³/mol. The summed E-state index contributed by atoms with van der Waals surface area (Å²) in [6.07, 6.45) is 0. The molecule has 0 spiro atoms. The zero-order valence-electron chi connectivity index (χ0n) is 49.5. The summed E-state index contributed by atoms with van der Waals surface area (Å²) < 4.78 is 0. The Balaban J connectivity index is 1.04. The summed E-state index contributed by atoms with van der Waals surface area (Å²) in [5.41, 5.74) is 32.3. The molecule has 0 unspecified atom stereocenters. The molecule has 0 bridgehead atoms. The Bertz CT molecular complexity index is 4960. The SMILES string of the molecule is c1ccc(-c2cc(-c3ccccc3)c(B3c4ccccc4-c4cc(-c5ccccc5)c5cc6c7c(cc(-c8ccccc8)c8cc3c4c5c87)-c3ccccc3B6c3c(-c4ccccc4)cc(-c4ccccc4)cc3-c3ccccc3)c(-c3ccccc3)c2)cc1. The highest BCUT2D eigenvalue weighted by Crippen LogP contribution is 2.50. The predicted octanol–water partition coefficient (Wildman–Crippen LogP) is 18.9. The molecular formula is C88H56B2. The largest absolute Gasteiger partial charge is 0.244 e. The minimum absolute atomic E-state index is 0.174. The molecule has 16 aromatic carbocycles. The first-order valence-electron chi connectivity index (χ1n) is 31.5. The third-order valence-electron chi connectivity index (χ3n) is 19.6. The van der Waals surface area contributed by atoms with Crippen LogP contribution in [0.15, 0.2) is 340 Å². The Kier molecular flexibility index (Phi) is 12.2. The van der Waals surface area contributed by atoms with Gasteiger partial charge >= 0.3 is 0 Å². The van der Waals surface area contributed by atoms with E-state index in [4.69, 9.17) is 0 Å². The standard InChI is InChI=1S/C88H56B2/c1-9-29-57(30-10-1)65-49-71(61-37-17-5-18-38-61)87(72(50-65)62-39-19-6-20-40-62)89-79-47-27-25-45-67(79)75-53-70(60-35-15-4-16-36-60)78-56-82-84-76(54-69(59-33-13-3-14-34-59)77-55-81(89)83(75)85(78)86(77)84)68-46-26-28-48-80(68)90(82)88-73(63-41-21-7-22-42-63)51-66(58-31-11-2-12-32-58)52-74(88)64-43-23-8-24-44-64/h1-56H. The van der Waals surface area contributed by atoms with Gasteiger partial charge in [0.1, 0.15) is 0 Å². The fraction of sp³-hybridized carbons (Fsp3) is 0. The van der Waals surface area contributed by atoms with Crippen molar-refractivity contribution in [3.05, 3.63) is 340 Å². The van der Waals surface area contributed by atoms with Crippen LogP contribution < -0.4 is 32.8 Å². The van der Waals surface area contributed by atoms with Gasteiger partial charge in [-0.15, -0.1) is 0 Å². The number of hydrogen-bond donors (Lipinski definition) is 0. The fourth-order valence-electron chi connectivity index (χ4n) is 15.8. The topological polar surface area (TPSA) is 0 Å². The highest BCUT2D eigenvalue weighted by atomic mass is 14.3. The summed E-state index contributed by atoms with van der Waals surface area (Å²) in [6.45, 7) is -0.348. The minimum Gasteiger partial charge on any atom is -0.0664 e. The lowest BCUT2D eigenvalue weighted by molar-refractivity contribution is 1.58. The van der Waals surface area contributed by atoms with Crippen molar-refractivity contribution in [3.63, 3.8) is 0 Å². The molecule has 0 aromatic heterocycles. The van der Waals surface area contributed by atoms with Gasteiger partial charge in [0.05, 0.1) is 0 Å². The third kappa shape index (κ3) is 8.26. The summed E-state index contributed by atoms with van der Waals surface area (Å²) in [6, 6.07) is 128. The molecule has 18 rings (SSSR count). The van der Waals surface area contributed by atoms with Gasteiger partial charge < -0.3 is 0 Å². The van der Waals surface area contributed by atoms with E-state index in [-0.39, 0.29) is 13.4 Å². The summed E-state index contributed by atoms with van der Waals surface area (Å²) in [5.74, 6) is 0. The van der Waals surface area contributed by atoms with E-state index in [1.807, 2.05) is 0 Å². The summed E-state index contributed by atoms with van der Waals surface area (Å²) >= 11 is 0. The van der Waals surface area contributed by atoms with E-state index in [1.165, 1.54) is 176 Å². The van der Waals surface area contributed by atoms with E-state index < -0.39 is 0 Å². The summed E-state index contributed by atoms with van der Waals surface area (Å²) in [5, 5.41) is 7.83. The molecule has 2 heterocycles. The molecule has 16 aromatic rings. The molecule has 0 radical (unpaired) electrons. The minimum atomic E-state index is -0.174. The van der Waals surface area contributed by atoms with Crippen molar-refractivity contribution in [2.45, 2.75) is 0 Å². The maximum absolute atomic E-state index is 2.67. The first kappa shape index (κ1) is 51.9. The quantitative estimate of drug-likeness (QED) is 0.0946. The second kappa shape index (κ2) is 21.2. The Hall–Kier alpha value is -11.3. The zero-order chi connectivity index (χ0) is 59.2. The molecule has 0 atom stereocenters. The zero-order valence-corrected chi connectivity index (χ0v) is 49.5. The molecule has 90 heavy (non-hydrogen) atoms. The van der Waals surface area contributed by atoms with E-state index in [0.29, 0.717) is 0 Å². The number of hydrogen-bond acceptors (Lipinski definition) is 0. The van der Waals surface area contributed by atoms with Gasteiger partial charge in [0.2, 0.25) is 13.4 Å². The van der Waals surface area contributed by atoms with Crippen LogP contribution in [-0.2, 0) is 0 Å². The second-order valence-electron chi connectivity index (χ2n) is 24.4. The third-order valence-corrected chi connectivity index (χ3v) is 19.6. The summed E-state index contributed by atoms with van der Waals surface area (Å²) in [7, 11) is 0. The van der Waals surface area contributed by atoms with Crippen LogP contribution in [0.1, 0.15) is 0 Å². The molecule has 2 heteroatoms. The first-order chi connectivity index (χ1) is 44.7. The van der Waals surface area contributed by atoms with Crippen molar-refractivity contribution in [3.8, 4) is 111 Å². The average Bonchev–Trinajstić information content (AvgIpc) is 0.676. The molecule has 0 N–H and O–H groups in total. The molecule has 414 valence electrons. The van der Waals surface area contributed by atoms with Crippen LogP contribution in [0.5, 0.6) is 0 Å². The van der Waals surface area contributed by atoms with Gasteiger partial charge in [-0.25, -0.2) is 0 Å². The van der Waals surface area contributed by atoms with Crippen LogP contribution in [-0.4, -0.2) is 13.4 Å². The van der Waals surface area contributed by atoms with Crippen LogP contribution >= 0.6 is 0 Å². The average molecular weight is 1140 g/mol. The van der Waals surface area contributed by atoms with E-state index in [1.54, 1.807) is 0 Å². The lowest BCUT2D eigenvalue weighted by Crippen LogP contribution is -2.56. The molecule has 2 aliphatic rings. The van der Waals surface area contributed by atoms with Crippen LogP contribution in [0.3, 0.4) is 0 Å². The lowest BCUT2D eigenvalue weighted by Gasteiger charge is -2.35. The van der Waals surface area contributed by atoms with E-state index in [2.05, 4.69) is 340 Å². The number of rotatable bonds is 10. The van der Waals surface area contributed by atoms with Crippen LogP contribution in [0.4, 0.5) is 0 Å². The van der Waals surface area contributed by atoms with Crippen LogP contribution in [0.25, 0.3) is 144 Å². The van der Waals surface area contributed by atoms with Crippen molar-refractivity contribution in [2.24, 2.45) is 0 Å². The van der Waals surface area contributed by atoms with Crippen molar-refractivity contribution in [1.82, 2.24) is 0 Å². The van der Waals surface area contributed by atoms with Crippen molar-refractivity contribution >= 4 is 78.5 Å². The van der Waals surface area contributed by atoms with Gasteiger partial charge in [0.25, 0.3) is 0 Å². The first-order valence-corrected chi connectivity index (χ1v) is 31.5. The second-order valence-corrected chi connectivity index (χ2v) is 24.4. The molecule has 0 saturated heterocycles. The number of benzene rings is 16. The Morgan fingerprint density at radius 3 is 0.678 bits per heavy atom. The lowest BCUT2D eigenvalue weighted by atomic mass is 9.31. The molecule has 0 amide bonds. The van der Waals surface area contributed by atoms with Gasteiger partial charge in [-0.1, -0.05) is 336 Å². The smallest absolute Gasteiger partial charge is 0.0664 e. The van der Waals surface area contributed by atoms with Gasteiger partial charge in [-0.3, -0.25) is 0 Å². The Morgan fingerprint density at radius 2 is 0.389 bits per heavy atom. The van der Waals surface area contributed by atoms with Gasteiger partial charge in [0.15, 0.2) is 0 Å². The normalized spacial score (nSPS) is 12.2. The van der Waals surface area contributed by atoms with Crippen LogP contribution in [0.2, 0.25) is 0 Å². The Labute approximate surface area is 526 Å². The van der Waals surface area contributed by atoms with Crippen molar-refractivity contribution < 1.29 is 0 Å². The molecular weight excluding hydrogens is 1080 g/mol. The van der Waals surface area contributed by atoms with E-state index >= 15 is 0 Å². The fourth-order valence-corrected chi connectivity index (χ4v) is 15.8.